The van der Waals surface area contributed by atoms with E-state index in [4.69, 9.17) is 16.3 Å². The van der Waals surface area contributed by atoms with Crippen molar-refractivity contribution in [2.75, 3.05) is 25.6 Å². The molecule has 0 saturated carbocycles. The molecule has 1 aliphatic rings. The summed E-state index contributed by atoms with van der Waals surface area (Å²) in [4.78, 5) is 24.9. The van der Waals surface area contributed by atoms with E-state index in [0.717, 1.165) is 26.5 Å². The molecule has 30 heavy (non-hydrogen) atoms. The number of hydrogen-bond acceptors (Lipinski definition) is 3. The lowest BCUT2D eigenvalue weighted by atomic mass is 10.0. The van der Waals surface area contributed by atoms with Crippen LogP contribution in [-0.4, -0.2) is 36.6 Å². The second-order valence-corrected chi connectivity index (χ2v) is 8.27. The molecule has 154 valence electrons. The van der Waals surface area contributed by atoms with Crippen LogP contribution in [0, 0.1) is 0 Å². The van der Waals surface area contributed by atoms with Crippen molar-refractivity contribution in [2.24, 2.45) is 0 Å². The van der Waals surface area contributed by atoms with Crippen LogP contribution in [0.5, 0.6) is 0 Å². The van der Waals surface area contributed by atoms with Crippen LogP contribution < -0.4 is 10.6 Å². The highest BCUT2D eigenvalue weighted by atomic mass is 79.9. The summed E-state index contributed by atoms with van der Waals surface area (Å²) in [6.07, 6.45) is 3.74. The zero-order valence-electron chi connectivity index (χ0n) is 16.2. The normalized spacial score (nSPS) is 14.2. The van der Waals surface area contributed by atoms with Crippen LogP contribution in [0.15, 0.2) is 47.1 Å². The summed E-state index contributed by atoms with van der Waals surface area (Å²) in [5.74, 6) is -0.287. The number of nitrogens with one attached hydrogen (secondary N) is 2. The molecule has 0 bridgehead atoms. The summed E-state index contributed by atoms with van der Waals surface area (Å²) in [5, 5.41) is 7.19. The molecule has 0 saturated heterocycles. The number of fused-ring (bicyclic) bond motifs is 2. The molecule has 0 fully saturated rings. The van der Waals surface area contributed by atoms with Crippen LogP contribution in [-0.2, 0) is 20.9 Å². The third-order valence-corrected chi connectivity index (χ3v) is 5.61. The van der Waals surface area contributed by atoms with Gasteiger partial charge in [-0.15, -0.1) is 0 Å². The second-order valence-electron chi connectivity index (χ2n) is 6.92. The monoisotopic (exact) mass is 487 g/mol. The summed E-state index contributed by atoms with van der Waals surface area (Å²) < 4.78 is 7.77. The van der Waals surface area contributed by atoms with Crippen molar-refractivity contribution in [1.82, 2.24) is 9.88 Å². The zero-order chi connectivity index (χ0) is 21.3. The van der Waals surface area contributed by atoms with Gasteiger partial charge in [0.15, 0.2) is 0 Å². The molecule has 2 heterocycles. The van der Waals surface area contributed by atoms with Crippen LogP contribution >= 0.6 is 27.5 Å². The zero-order valence-corrected chi connectivity index (χ0v) is 18.5. The fourth-order valence-electron chi connectivity index (χ4n) is 3.51. The highest BCUT2D eigenvalue weighted by molar-refractivity contribution is 9.10. The van der Waals surface area contributed by atoms with Crippen LogP contribution in [0.3, 0.4) is 0 Å². The van der Waals surface area contributed by atoms with Crippen LogP contribution in [0.1, 0.15) is 11.1 Å². The summed E-state index contributed by atoms with van der Waals surface area (Å²) in [6, 6.07) is 11.2. The maximum atomic E-state index is 12.6. The molecule has 2 N–H and O–H groups in total. The molecule has 0 aliphatic carbocycles. The van der Waals surface area contributed by atoms with Gasteiger partial charge in [0.25, 0.3) is 5.91 Å². The Hall–Kier alpha value is -2.61. The van der Waals surface area contributed by atoms with Crippen molar-refractivity contribution in [2.45, 2.75) is 6.54 Å². The first kappa shape index (κ1) is 20.7. The van der Waals surface area contributed by atoms with Crippen LogP contribution in [0.4, 0.5) is 5.69 Å². The van der Waals surface area contributed by atoms with Crippen molar-refractivity contribution >= 4 is 67.6 Å². The molecular weight excluding hydrogens is 470 g/mol. The Bertz CT molecular complexity index is 1190. The number of carbonyl (C=O) groups excluding carboxylic acids is 2. The molecule has 0 spiro atoms. The molecule has 8 heteroatoms. The number of benzene rings is 2. The van der Waals surface area contributed by atoms with E-state index in [1.165, 1.54) is 0 Å². The quantitative estimate of drug-likeness (QED) is 0.401. The van der Waals surface area contributed by atoms with Gasteiger partial charge in [-0.25, -0.2) is 0 Å². The van der Waals surface area contributed by atoms with Crippen molar-refractivity contribution in [3.63, 3.8) is 0 Å². The van der Waals surface area contributed by atoms with Crippen molar-refractivity contribution < 1.29 is 14.3 Å². The lowest BCUT2D eigenvalue weighted by Crippen LogP contribution is -2.30. The van der Waals surface area contributed by atoms with E-state index in [0.29, 0.717) is 29.4 Å². The number of carbonyl (C=O) groups is 2. The number of aromatic nitrogens is 1. The summed E-state index contributed by atoms with van der Waals surface area (Å²) in [7, 11) is 1.59. The Morgan fingerprint density at radius 1 is 1.30 bits per heavy atom. The minimum absolute atomic E-state index is 0.107. The molecule has 0 radical (unpaired) electrons. The van der Waals surface area contributed by atoms with Crippen LogP contribution in [0.25, 0.3) is 22.6 Å². The molecule has 6 nitrogen and oxygen atoms in total. The van der Waals surface area contributed by atoms with Gasteiger partial charge in [-0.1, -0.05) is 33.6 Å². The molecule has 2 amide bonds. The minimum atomic E-state index is -0.180. The van der Waals surface area contributed by atoms with E-state index >= 15 is 0 Å². The predicted octanol–water partition coefficient (Wildman–Crippen LogP) is 4.31. The SMILES string of the molecule is COCCNC(=O)Cn1cc(/C=C2/C(=O)Nc3cc(Cl)ccc32)c2cc(Br)ccc21. The Morgan fingerprint density at radius 2 is 2.13 bits per heavy atom. The average Bonchev–Trinajstić information content (AvgIpc) is 3.19. The fourth-order valence-corrected chi connectivity index (χ4v) is 4.04. The topological polar surface area (TPSA) is 72.4 Å². The smallest absolute Gasteiger partial charge is 0.256 e. The number of anilines is 1. The molecule has 0 atom stereocenters. The van der Waals surface area contributed by atoms with Gasteiger partial charge in [-0.3, -0.25) is 9.59 Å². The van der Waals surface area contributed by atoms with E-state index in [1.54, 1.807) is 19.2 Å². The number of hydrogen-bond donors (Lipinski definition) is 2. The Balaban J connectivity index is 1.73. The molecule has 2 aromatic carbocycles. The standard InChI is InChI=1S/C22H19BrClN3O3/c1-30-7-6-25-21(28)12-27-11-13(17-9-14(23)2-5-20(17)27)8-18-16-4-3-15(24)10-19(16)26-22(18)29/h2-5,8-11H,6-7,12H2,1H3,(H,25,28)(H,26,29)/b18-8+. The lowest BCUT2D eigenvalue weighted by Gasteiger charge is -2.07. The first-order valence-electron chi connectivity index (χ1n) is 9.33. The number of nitrogens with zero attached hydrogens (tertiary/aromatic N) is 1. The lowest BCUT2D eigenvalue weighted by molar-refractivity contribution is -0.121. The molecule has 3 aromatic rings. The summed E-state index contributed by atoms with van der Waals surface area (Å²) >= 11 is 9.56. The van der Waals surface area contributed by atoms with Gasteiger partial charge >= 0.3 is 0 Å². The minimum Gasteiger partial charge on any atom is -0.383 e. The Morgan fingerprint density at radius 3 is 2.93 bits per heavy atom. The number of methoxy groups -OCH3 is 1. The van der Waals surface area contributed by atoms with Crippen molar-refractivity contribution in [1.29, 1.82) is 0 Å². The molecule has 0 unspecified atom stereocenters. The summed E-state index contributed by atoms with van der Waals surface area (Å²) in [6.45, 7) is 1.08. The molecule has 1 aliphatic heterocycles. The first-order chi connectivity index (χ1) is 14.5. The number of halogens is 2. The highest BCUT2D eigenvalue weighted by Crippen LogP contribution is 2.36. The third-order valence-electron chi connectivity index (χ3n) is 4.88. The van der Waals surface area contributed by atoms with Crippen molar-refractivity contribution in [3.8, 4) is 0 Å². The molecule has 1 aromatic heterocycles. The van der Waals surface area contributed by atoms with Gasteiger partial charge < -0.3 is 19.9 Å². The third kappa shape index (κ3) is 4.14. The molecular formula is C22H19BrClN3O3. The second kappa shape index (κ2) is 8.63. The summed E-state index contributed by atoms with van der Waals surface area (Å²) in [5.41, 5.74) is 3.81. The van der Waals surface area contributed by atoms with E-state index < -0.39 is 0 Å². The van der Waals surface area contributed by atoms with Gasteiger partial charge in [-0.05, 0) is 36.4 Å². The van der Waals surface area contributed by atoms with E-state index in [2.05, 4.69) is 26.6 Å². The van der Waals surface area contributed by atoms with E-state index in [9.17, 15) is 9.59 Å². The van der Waals surface area contributed by atoms with Crippen molar-refractivity contribution in [3.05, 3.63) is 63.2 Å². The maximum Gasteiger partial charge on any atom is 0.256 e. The number of amides is 2. The predicted molar refractivity (Wildman–Crippen MR) is 122 cm³/mol. The van der Waals surface area contributed by atoms with Gasteiger partial charge in [0.05, 0.1) is 12.3 Å². The number of rotatable bonds is 6. The van der Waals surface area contributed by atoms with E-state index in [1.807, 2.05) is 41.1 Å². The average molecular weight is 489 g/mol. The number of ether oxygens (including phenoxy) is 1. The van der Waals surface area contributed by atoms with Gasteiger partial charge in [-0.2, -0.15) is 0 Å². The maximum absolute atomic E-state index is 12.6. The fraction of sp³-hybridized carbons (Fsp3) is 0.182. The van der Waals surface area contributed by atoms with Gasteiger partial charge in [0.1, 0.15) is 6.54 Å². The Kier molecular flexibility index (Phi) is 5.94. The van der Waals surface area contributed by atoms with E-state index in [-0.39, 0.29) is 18.4 Å². The highest BCUT2D eigenvalue weighted by Gasteiger charge is 2.25. The first-order valence-corrected chi connectivity index (χ1v) is 10.5. The van der Waals surface area contributed by atoms with Gasteiger partial charge in [0.2, 0.25) is 5.91 Å². The molecule has 4 rings (SSSR count). The Labute approximate surface area is 187 Å². The van der Waals surface area contributed by atoms with Crippen LogP contribution in [0.2, 0.25) is 5.02 Å². The van der Waals surface area contributed by atoms with Gasteiger partial charge in [0, 0.05) is 56.9 Å². The largest absolute Gasteiger partial charge is 0.383 e.